The van der Waals surface area contributed by atoms with Crippen LogP contribution in [0.2, 0.25) is 0 Å². The molecule has 5 nitrogen and oxygen atoms in total. The van der Waals surface area contributed by atoms with E-state index in [1.54, 1.807) is 6.07 Å². The zero-order valence-electron chi connectivity index (χ0n) is 10.1. The van der Waals surface area contributed by atoms with Crippen molar-refractivity contribution in [3.63, 3.8) is 0 Å². The predicted octanol–water partition coefficient (Wildman–Crippen LogP) is 1.54. The molecule has 0 fully saturated rings. The minimum Gasteiger partial charge on any atom is -0.507 e. The number of ether oxygens (including phenoxy) is 2. The number of aromatic hydroxyl groups is 1. The lowest BCUT2D eigenvalue weighted by Gasteiger charge is -2.08. The predicted molar refractivity (Wildman–Crippen MR) is 71.6 cm³/mol. The third-order valence-corrected chi connectivity index (χ3v) is 2.53. The fourth-order valence-corrected chi connectivity index (χ4v) is 1.54. The summed E-state index contributed by atoms with van der Waals surface area (Å²) in [6.45, 7) is 1.42. The lowest BCUT2D eigenvalue weighted by atomic mass is 10.2. The van der Waals surface area contributed by atoms with E-state index in [4.69, 9.17) is 9.47 Å². The smallest absolute Gasteiger partial charge is 0.255 e. The maximum absolute atomic E-state index is 11.8. The van der Waals surface area contributed by atoms with Gasteiger partial charge in [-0.05, 0) is 18.2 Å². The van der Waals surface area contributed by atoms with Crippen LogP contribution in [0.3, 0.4) is 0 Å². The number of hydrogen-bond acceptors (Lipinski definition) is 4. The monoisotopic (exact) mass is 317 g/mol. The van der Waals surface area contributed by atoms with Crippen LogP contribution in [-0.4, -0.2) is 43.2 Å². The molecule has 1 aromatic rings. The number of alkyl halides is 1. The molecule has 0 saturated heterocycles. The van der Waals surface area contributed by atoms with Gasteiger partial charge in [0.05, 0.1) is 25.9 Å². The van der Waals surface area contributed by atoms with Crippen LogP contribution in [0, 0.1) is 0 Å². The summed E-state index contributed by atoms with van der Waals surface area (Å²) in [6.07, 6.45) is 0. The highest BCUT2D eigenvalue weighted by atomic mass is 79.9. The molecular formula is C12H16BrNO4. The first-order valence-corrected chi connectivity index (χ1v) is 6.60. The van der Waals surface area contributed by atoms with Crippen LogP contribution >= 0.6 is 15.9 Å². The number of benzene rings is 1. The molecule has 18 heavy (non-hydrogen) atoms. The molecule has 1 amide bonds. The van der Waals surface area contributed by atoms with Gasteiger partial charge in [0.1, 0.15) is 11.5 Å². The molecule has 0 saturated carbocycles. The maximum Gasteiger partial charge on any atom is 0.255 e. The molecule has 0 aliphatic rings. The van der Waals surface area contributed by atoms with Crippen molar-refractivity contribution in [1.29, 1.82) is 0 Å². The minimum atomic E-state index is -0.353. The van der Waals surface area contributed by atoms with E-state index in [9.17, 15) is 9.90 Å². The van der Waals surface area contributed by atoms with Crippen LogP contribution < -0.4 is 10.1 Å². The molecule has 0 heterocycles. The van der Waals surface area contributed by atoms with Crippen LogP contribution in [0.4, 0.5) is 0 Å². The number of rotatable bonds is 7. The number of methoxy groups -OCH3 is 1. The molecule has 6 heteroatoms. The second-order valence-electron chi connectivity index (χ2n) is 3.44. The quantitative estimate of drug-likeness (QED) is 0.591. The molecule has 0 radical (unpaired) electrons. The minimum absolute atomic E-state index is 0.0744. The van der Waals surface area contributed by atoms with Crippen molar-refractivity contribution in [2.45, 2.75) is 0 Å². The zero-order valence-corrected chi connectivity index (χ0v) is 11.7. The molecule has 0 spiro atoms. The molecule has 2 N–H and O–H groups in total. The van der Waals surface area contributed by atoms with E-state index in [1.165, 1.54) is 19.2 Å². The summed E-state index contributed by atoms with van der Waals surface area (Å²) >= 11 is 3.23. The lowest BCUT2D eigenvalue weighted by Crippen LogP contribution is -2.27. The van der Waals surface area contributed by atoms with Crippen LogP contribution in [0.1, 0.15) is 10.4 Å². The van der Waals surface area contributed by atoms with E-state index in [1.807, 2.05) is 0 Å². The van der Waals surface area contributed by atoms with E-state index in [-0.39, 0.29) is 17.2 Å². The van der Waals surface area contributed by atoms with Gasteiger partial charge in [0.25, 0.3) is 5.91 Å². The summed E-state index contributed by atoms with van der Waals surface area (Å²) in [5.41, 5.74) is 0.190. The van der Waals surface area contributed by atoms with Gasteiger partial charge in [-0.15, -0.1) is 0 Å². The van der Waals surface area contributed by atoms with Gasteiger partial charge < -0.3 is 19.9 Å². The third-order valence-electron chi connectivity index (χ3n) is 2.20. The van der Waals surface area contributed by atoms with Crippen molar-refractivity contribution in [2.75, 3.05) is 32.2 Å². The number of phenolic OH excluding ortho intramolecular Hbond substituents is 1. The molecule has 0 aromatic heterocycles. The highest BCUT2D eigenvalue weighted by Crippen LogP contribution is 2.22. The average Bonchev–Trinajstić information content (AvgIpc) is 2.39. The van der Waals surface area contributed by atoms with Crippen LogP contribution in [-0.2, 0) is 4.74 Å². The molecule has 0 atom stereocenters. The van der Waals surface area contributed by atoms with Gasteiger partial charge in [-0.1, -0.05) is 15.9 Å². The Morgan fingerprint density at radius 1 is 1.44 bits per heavy atom. The normalized spacial score (nSPS) is 10.1. The SMILES string of the molecule is COc1ccc(O)c(C(=O)NCCOCCBr)c1. The third kappa shape index (κ3) is 4.54. The van der Waals surface area contributed by atoms with Gasteiger partial charge >= 0.3 is 0 Å². The number of halogens is 1. The Balaban J connectivity index is 2.50. The van der Waals surface area contributed by atoms with E-state index < -0.39 is 0 Å². The number of phenols is 1. The fraction of sp³-hybridized carbons (Fsp3) is 0.417. The Bertz CT molecular complexity index is 398. The first-order valence-electron chi connectivity index (χ1n) is 5.48. The molecular weight excluding hydrogens is 302 g/mol. The Morgan fingerprint density at radius 2 is 2.22 bits per heavy atom. The number of nitrogens with one attached hydrogen (secondary N) is 1. The van der Waals surface area contributed by atoms with E-state index >= 15 is 0 Å². The largest absolute Gasteiger partial charge is 0.507 e. The topological polar surface area (TPSA) is 67.8 Å². The Kier molecular flexibility index (Phi) is 6.53. The van der Waals surface area contributed by atoms with Gasteiger partial charge in [0.15, 0.2) is 0 Å². The summed E-state index contributed by atoms with van der Waals surface area (Å²) in [5, 5.41) is 13.0. The Hall–Kier alpha value is -1.27. The second kappa shape index (κ2) is 7.94. The maximum atomic E-state index is 11.8. The zero-order chi connectivity index (χ0) is 13.4. The number of amides is 1. The molecule has 1 aromatic carbocycles. The Morgan fingerprint density at radius 3 is 2.89 bits per heavy atom. The summed E-state index contributed by atoms with van der Waals surface area (Å²) in [6, 6.07) is 4.50. The van der Waals surface area contributed by atoms with Crippen LogP contribution in [0.5, 0.6) is 11.5 Å². The Labute approximate surface area is 114 Å². The molecule has 0 bridgehead atoms. The first kappa shape index (κ1) is 14.8. The summed E-state index contributed by atoms with van der Waals surface area (Å²) < 4.78 is 10.2. The van der Waals surface area contributed by atoms with E-state index in [0.29, 0.717) is 25.5 Å². The van der Waals surface area contributed by atoms with Crippen LogP contribution in [0.15, 0.2) is 18.2 Å². The van der Waals surface area contributed by atoms with Crippen molar-refractivity contribution in [3.8, 4) is 11.5 Å². The summed E-state index contributed by atoms with van der Waals surface area (Å²) in [5.74, 6) is 0.0945. The highest BCUT2D eigenvalue weighted by Gasteiger charge is 2.11. The first-order chi connectivity index (χ1) is 8.69. The van der Waals surface area contributed by atoms with Gasteiger partial charge in [-0.25, -0.2) is 0 Å². The second-order valence-corrected chi connectivity index (χ2v) is 4.23. The summed E-state index contributed by atoms with van der Waals surface area (Å²) in [4.78, 5) is 11.8. The van der Waals surface area contributed by atoms with Gasteiger partial charge in [-0.3, -0.25) is 4.79 Å². The molecule has 0 aliphatic heterocycles. The van der Waals surface area contributed by atoms with Crippen LogP contribution in [0.25, 0.3) is 0 Å². The van der Waals surface area contributed by atoms with Crippen molar-refractivity contribution in [3.05, 3.63) is 23.8 Å². The standard InChI is InChI=1S/C12H16BrNO4/c1-17-9-2-3-11(15)10(8-9)12(16)14-5-7-18-6-4-13/h2-3,8,15H,4-7H2,1H3,(H,14,16). The van der Waals surface area contributed by atoms with Crippen molar-refractivity contribution < 1.29 is 19.4 Å². The lowest BCUT2D eigenvalue weighted by molar-refractivity contribution is 0.0921. The number of hydrogen-bond donors (Lipinski definition) is 2. The van der Waals surface area contributed by atoms with Gasteiger partial charge in [-0.2, -0.15) is 0 Å². The highest BCUT2D eigenvalue weighted by molar-refractivity contribution is 9.09. The summed E-state index contributed by atoms with van der Waals surface area (Å²) in [7, 11) is 1.50. The van der Waals surface area contributed by atoms with E-state index in [0.717, 1.165) is 5.33 Å². The van der Waals surface area contributed by atoms with Gasteiger partial charge in [0, 0.05) is 11.9 Å². The molecule has 1 rings (SSSR count). The fourth-order valence-electron chi connectivity index (χ4n) is 1.31. The van der Waals surface area contributed by atoms with Crippen molar-refractivity contribution >= 4 is 21.8 Å². The van der Waals surface area contributed by atoms with Crippen molar-refractivity contribution in [2.24, 2.45) is 0 Å². The average molecular weight is 318 g/mol. The number of carbonyl (C=O) groups excluding carboxylic acids is 1. The molecule has 0 unspecified atom stereocenters. The van der Waals surface area contributed by atoms with E-state index in [2.05, 4.69) is 21.2 Å². The molecule has 100 valence electrons. The molecule has 0 aliphatic carbocycles. The van der Waals surface area contributed by atoms with Crippen molar-refractivity contribution in [1.82, 2.24) is 5.32 Å². The van der Waals surface area contributed by atoms with Gasteiger partial charge in [0.2, 0.25) is 0 Å². The number of carbonyl (C=O) groups is 1.